The number of rotatable bonds is 8. The Labute approximate surface area is 132 Å². The highest BCUT2D eigenvalue weighted by molar-refractivity contribution is 7.15. The number of carbonyl (C=O) groups excluding carboxylic acids is 1. The fourth-order valence-corrected chi connectivity index (χ4v) is 3.09. The molecule has 0 saturated carbocycles. The number of aliphatic carboxylic acids is 1. The molecule has 2 heterocycles. The summed E-state index contributed by atoms with van der Waals surface area (Å²) in [5.41, 5.74) is 0. The molecule has 1 saturated heterocycles. The number of nitrogens with zero attached hydrogens (tertiary/aromatic N) is 4. The molecule has 8 nitrogen and oxygen atoms in total. The van der Waals surface area contributed by atoms with Crippen LogP contribution in [0, 0.1) is 0 Å². The van der Waals surface area contributed by atoms with E-state index in [1.165, 1.54) is 11.3 Å². The number of carboxylic acid groups (broad SMARTS) is 1. The minimum Gasteiger partial charge on any atom is -0.481 e. The second kappa shape index (κ2) is 8.04. The van der Waals surface area contributed by atoms with Crippen LogP contribution in [0.2, 0.25) is 0 Å². The molecule has 22 heavy (non-hydrogen) atoms. The van der Waals surface area contributed by atoms with Crippen molar-refractivity contribution in [2.45, 2.75) is 25.9 Å². The molecular weight excluding hydrogens is 308 g/mol. The van der Waals surface area contributed by atoms with Gasteiger partial charge in [0.15, 0.2) is 0 Å². The SMILES string of the molecule is COCc1nnc(N(CCC(=O)O)CC(=O)N2CCCC2)s1. The second-order valence-electron chi connectivity index (χ2n) is 5.06. The van der Waals surface area contributed by atoms with Crippen LogP contribution < -0.4 is 4.90 Å². The van der Waals surface area contributed by atoms with Crippen LogP contribution in [-0.2, 0) is 20.9 Å². The number of likely N-dealkylation sites (tertiary alicyclic amines) is 1. The Balaban J connectivity index is 2.03. The number of carbonyl (C=O) groups is 2. The molecule has 9 heteroatoms. The maximum absolute atomic E-state index is 12.3. The number of amides is 1. The first-order valence-electron chi connectivity index (χ1n) is 7.16. The predicted molar refractivity (Wildman–Crippen MR) is 80.9 cm³/mol. The van der Waals surface area contributed by atoms with Gasteiger partial charge in [-0.15, -0.1) is 10.2 Å². The molecule has 1 aliphatic heterocycles. The monoisotopic (exact) mass is 328 g/mol. The van der Waals surface area contributed by atoms with Gasteiger partial charge in [0, 0.05) is 26.7 Å². The zero-order chi connectivity index (χ0) is 15.9. The molecule has 1 aliphatic rings. The molecule has 1 N–H and O–H groups in total. The maximum Gasteiger partial charge on any atom is 0.305 e. The summed E-state index contributed by atoms with van der Waals surface area (Å²) in [4.78, 5) is 26.6. The minimum absolute atomic E-state index is 0.00591. The van der Waals surface area contributed by atoms with Gasteiger partial charge in [-0.05, 0) is 12.8 Å². The van der Waals surface area contributed by atoms with Gasteiger partial charge in [-0.1, -0.05) is 11.3 Å². The summed E-state index contributed by atoms with van der Waals surface area (Å²) in [7, 11) is 1.57. The topological polar surface area (TPSA) is 95.9 Å². The standard InChI is InChI=1S/C13H20N4O4S/c1-21-9-10-14-15-13(22-10)17(7-4-12(19)20)8-11(18)16-5-2-3-6-16/h2-9H2,1H3,(H,19,20). The van der Waals surface area contributed by atoms with Gasteiger partial charge in [0.25, 0.3) is 0 Å². The van der Waals surface area contributed by atoms with E-state index in [0.717, 1.165) is 25.9 Å². The van der Waals surface area contributed by atoms with Gasteiger partial charge in [0.1, 0.15) is 11.6 Å². The lowest BCUT2D eigenvalue weighted by Crippen LogP contribution is -2.40. The normalized spacial score (nSPS) is 14.3. The number of ether oxygens (including phenoxy) is 1. The van der Waals surface area contributed by atoms with Crippen molar-refractivity contribution in [2.24, 2.45) is 0 Å². The fraction of sp³-hybridized carbons (Fsp3) is 0.692. The van der Waals surface area contributed by atoms with Crippen molar-refractivity contribution in [3.8, 4) is 0 Å². The van der Waals surface area contributed by atoms with E-state index in [0.29, 0.717) is 16.7 Å². The summed E-state index contributed by atoms with van der Waals surface area (Å²) in [5.74, 6) is -0.897. The van der Waals surface area contributed by atoms with Crippen LogP contribution in [0.3, 0.4) is 0 Å². The predicted octanol–water partition coefficient (Wildman–Crippen LogP) is 0.588. The molecule has 0 unspecified atom stereocenters. The molecule has 1 aromatic rings. The van der Waals surface area contributed by atoms with Crippen LogP contribution >= 0.6 is 11.3 Å². The molecule has 1 fully saturated rings. The lowest BCUT2D eigenvalue weighted by Gasteiger charge is -2.23. The Morgan fingerprint density at radius 2 is 2.09 bits per heavy atom. The van der Waals surface area contributed by atoms with Gasteiger partial charge in [-0.2, -0.15) is 0 Å². The molecule has 0 aromatic carbocycles. The summed E-state index contributed by atoms with van der Waals surface area (Å²) in [6.45, 7) is 2.27. The minimum atomic E-state index is -0.903. The lowest BCUT2D eigenvalue weighted by atomic mass is 10.3. The first-order valence-corrected chi connectivity index (χ1v) is 7.97. The number of anilines is 1. The Hall–Kier alpha value is -1.74. The highest BCUT2D eigenvalue weighted by Gasteiger charge is 2.23. The quantitative estimate of drug-likeness (QED) is 0.746. The van der Waals surface area contributed by atoms with Gasteiger partial charge in [0.05, 0.1) is 13.0 Å². The highest BCUT2D eigenvalue weighted by atomic mass is 32.1. The van der Waals surface area contributed by atoms with Crippen LogP contribution in [0.5, 0.6) is 0 Å². The molecule has 122 valence electrons. The van der Waals surface area contributed by atoms with E-state index in [9.17, 15) is 9.59 Å². The van der Waals surface area contributed by atoms with Crippen molar-refractivity contribution >= 4 is 28.3 Å². The van der Waals surface area contributed by atoms with E-state index >= 15 is 0 Å². The van der Waals surface area contributed by atoms with E-state index in [1.807, 2.05) is 4.90 Å². The third-order valence-corrected chi connectivity index (χ3v) is 4.33. The summed E-state index contributed by atoms with van der Waals surface area (Å²) in [6.07, 6.45) is 2.00. The van der Waals surface area contributed by atoms with E-state index in [4.69, 9.17) is 9.84 Å². The van der Waals surface area contributed by atoms with Crippen LogP contribution in [-0.4, -0.2) is 65.4 Å². The summed E-state index contributed by atoms with van der Waals surface area (Å²) in [5, 5.41) is 18.2. The van der Waals surface area contributed by atoms with Crippen LogP contribution in [0.25, 0.3) is 0 Å². The molecule has 0 radical (unpaired) electrons. The Morgan fingerprint density at radius 3 is 2.73 bits per heavy atom. The zero-order valence-corrected chi connectivity index (χ0v) is 13.3. The molecule has 1 amide bonds. The maximum atomic E-state index is 12.3. The van der Waals surface area contributed by atoms with Crippen LogP contribution in [0.4, 0.5) is 5.13 Å². The van der Waals surface area contributed by atoms with Crippen molar-refractivity contribution in [3.05, 3.63) is 5.01 Å². The molecule has 0 bridgehead atoms. The molecule has 0 atom stereocenters. The van der Waals surface area contributed by atoms with Crippen molar-refractivity contribution in [2.75, 3.05) is 38.2 Å². The number of hydrogen-bond donors (Lipinski definition) is 1. The number of hydrogen-bond acceptors (Lipinski definition) is 7. The van der Waals surface area contributed by atoms with Crippen molar-refractivity contribution < 1.29 is 19.4 Å². The van der Waals surface area contributed by atoms with E-state index < -0.39 is 5.97 Å². The number of carboxylic acids is 1. The van der Waals surface area contributed by atoms with Gasteiger partial charge in [0.2, 0.25) is 11.0 Å². The largest absolute Gasteiger partial charge is 0.481 e. The third kappa shape index (κ3) is 4.63. The second-order valence-corrected chi connectivity index (χ2v) is 6.11. The van der Waals surface area contributed by atoms with Crippen molar-refractivity contribution in [1.82, 2.24) is 15.1 Å². The average molecular weight is 328 g/mol. The molecule has 1 aromatic heterocycles. The first kappa shape index (κ1) is 16.6. The fourth-order valence-electron chi connectivity index (χ4n) is 2.26. The van der Waals surface area contributed by atoms with E-state index in [2.05, 4.69) is 10.2 Å². The Morgan fingerprint density at radius 1 is 1.36 bits per heavy atom. The lowest BCUT2D eigenvalue weighted by molar-refractivity contribution is -0.137. The third-order valence-electron chi connectivity index (χ3n) is 3.37. The van der Waals surface area contributed by atoms with Gasteiger partial charge >= 0.3 is 5.97 Å². The average Bonchev–Trinajstić information content (AvgIpc) is 3.14. The van der Waals surface area contributed by atoms with Crippen molar-refractivity contribution in [1.29, 1.82) is 0 Å². The molecule has 0 spiro atoms. The zero-order valence-electron chi connectivity index (χ0n) is 12.5. The summed E-state index contributed by atoms with van der Waals surface area (Å²) < 4.78 is 5.00. The number of aromatic nitrogens is 2. The van der Waals surface area contributed by atoms with Crippen molar-refractivity contribution in [3.63, 3.8) is 0 Å². The molecule has 0 aliphatic carbocycles. The number of methoxy groups -OCH3 is 1. The molecule has 2 rings (SSSR count). The van der Waals surface area contributed by atoms with Gasteiger partial charge in [-0.3, -0.25) is 9.59 Å². The van der Waals surface area contributed by atoms with Gasteiger partial charge in [-0.25, -0.2) is 0 Å². The first-order chi connectivity index (χ1) is 10.6. The van der Waals surface area contributed by atoms with E-state index in [-0.39, 0.29) is 25.4 Å². The van der Waals surface area contributed by atoms with E-state index in [1.54, 1.807) is 12.0 Å². The summed E-state index contributed by atoms with van der Waals surface area (Å²) in [6, 6.07) is 0. The van der Waals surface area contributed by atoms with Crippen LogP contribution in [0.1, 0.15) is 24.3 Å². The Kier molecular flexibility index (Phi) is 6.08. The smallest absolute Gasteiger partial charge is 0.305 e. The van der Waals surface area contributed by atoms with Gasteiger partial charge < -0.3 is 19.6 Å². The highest BCUT2D eigenvalue weighted by Crippen LogP contribution is 2.21. The summed E-state index contributed by atoms with van der Waals surface area (Å²) >= 11 is 1.32. The van der Waals surface area contributed by atoms with Crippen LogP contribution in [0.15, 0.2) is 0 Å². The molecular formula is C13H20N4O4S. The Bertz CT molecular complexity index is 516.